The molecule has 0 spiro atoms. The number of aromatic hydroxyl groups is 1. The summed E-state index contributed by atoms with van der Waals surface area (Å²) in [6, 6.07) is 3.85. The average Bonchev–Trinajstić information content (AvgIpc) is 1.96. The predicted octanol–water partition coefficient (Wildman–Crippen LogP) is 2.17. The van der Waals surface area contributed by atoms with Crippen LogP contribution in [0.3, 0.4) is 0 Å². The molecule has 0 radical (unpaired) electrons. The van der Waals surface area contributed by atoms with Crippen molar-refractivity contribution in [2.24, 2.45) is 0 Å². The first kappa shape index (κ1) is 8.02. The zero-order valence-electron chi connectivity index (χ0n) is 5.31. The van der Waals surface area contributed by atoms with Crippen molar-refractivity contribution in [3.8, 4) is 11.8 Å². The van der Waals surface area contributed by atoms with Crippen molar-refractivity contribution in [2.75, 3.05) is 0 Å². The van der Waals surface area contributed by atoms with E-state index in [1.54, 1.807) is 6.07 Å². The Hall–Kier alpha value is -1.08. The Morgan fingerprint density at radius 2 is 2.18 bits per heavy atom. The highest BCUT2D eigenvalue weighted by molar-refractivity contribution is 9.10. The van der Waals surface area contributed by atoms with Crippen LogP contribution in [-0.2, 0) is 0 Å². The van der Waals surface area contributed by atoms with E-state index in [0.29, 0.717) is 0 Å². The molecular weight excluding hydrogens is 213 g/mol. The summed E-state index contributed by atoms with van der Waals surface area (Å²) >= 11 is 2.87. The first-order valence-electron chi connectivity index (χ1n) is 2.73. The van der Waals surface area contributed by atoms with Gasteiger partial charge >= 0.3 is 0 Å². The maximum Gasteiger partial charge on any atom is 0.142 e. The Kier molecular flexibility index (Phi) is 2.11. The second kappa shape index (κ2) is 2.89. The zero-order valence-corrected chi connectivity index (χ0v) is 6.89. The molecule has 1 N–H and O–H groups in total. The normalized spacial score (nSPS) is 9.18. The quantitative estimate of drug-likeness (QED) is 0.722. The number of hydrogen-bond donors (Lipinski definition) is 1. The van der Waals surface area contributed by atoms with Crippen molar-refractivity contribution >= 4 is 15.9 Å². The maximum absolute atomic E-state index is 12.7. The van der Waals surface area contributed by atoms with Crippen molar-refractivity contribution < 1.29 is 9.50 Å². The van der Waals surface area contributed by atoms with Crippen LogP contribution in [0.1, 0.15) is 5.56 Å². The Balaban J connectivity index is 3.39. The maximum atomic E-state index is 12.7. The molecule has 4 heteroatoms. The third kappa shape index (κ3) is 1.49. The molecule has 1 aromatic rings. The number of phenolic OH excluding ortho intramolecular Hbond substituents is 1. The van der Waals surface area contributed by atoms with Crippen LogP contribution >= 0.6 is 15.9 Å². The van der Waals surface area contributed by atoms with E-state index in [-0.39, 0.29) is 15.8 Å². The summed E-state index contributed by atoms with van der Waals surface area (Å²) < 4.78 is 12.8. The number of nitrogens with zero attached hydrogens (tertiary/aromatic N) is 1. The van der Waals surface area contributed by atoms with Gasteiger partial charge in [0, 0.05) is 6.07 Å². The van der Waals surface area contributed by atoms with Crippen molar-refractivity contribution in [2.45, 2.75) is 0 Å². The van der Waals surface area contributed by atoms with E-state index in [4.69, 9.17) is 10.4 Å². The molecular formula is C7H3BrFNO. The predicted molar refractivity (Wildman–Crippen MR) is 40.5 cm³/mol. The third-order valence-electron chi connectivity index (χ3n) is 1.13. The van der Waals surface area contributed by atoms with E-state index in [2.05, 4.69) is 15.9 Å². The van der Waals surface area contributed by atoms with Gasteiger partial charge in [0.05, 0.1) is 10.0 Å². The summed E-state index contributed by atoms with van der Waals surface area (Å²) in [5.74, 6) is -0.885. The van der Waals surface area contributed by atoms with Gasteiger partial charge in [0.2, 0.25) is 0 Å². The van der Waals surface area contributed by atoms with E-state index in [1.807, 2.05) is 0 Å². The Morgan fingerprint density at radius 3 is 2.73 bits per heavy atom. The van der Waals surface area contributed by atoms with E-state index in [1.165, 1.54) is 6.07 Å². The van der Waals surface area contributed by atoms with E-state index in [0.717, 1.165) is 6.07 Å². The summed E-state index contributed by atoms with van der Waals surface area (Å²) in [4.78, 5) is 0. The van der Waals surface area contributed by atoms with Crippen LogP contribution in [0.5, 0.6) is 5.75 Å². The lowest BCUT2D eigenvalue weighted by Crippen LogP contribution is -1.82. The molecule has 0 heterocycles. The molecule has 2 nitrogen and oxygen atoms in total. The number of hydrogen-bond acceptors (Lipinski definition) is 2. The Morgan fingerprint density at radius 1 is 1.55 bits per heavy atom. The topological polar surface area (TPSA) is 44.0 Å². The van der Waals surface area contributed by atoms with Crippen molar-refractivity contribution in [1.82, 2.24) is 0 Å². The SMILES string of the molecule is N#Cc1cc(O)cc(F)c1Br. The molecule has 0 fully saturated rings. The van der Waals surface area contributed by atoms with E-state index < -0.39 is 5.82 Å². The minimum absolute atomic E-state index is 0.0813. The number of phenols is 1. The Labute approximate surface area is 71.0 Å². The van der Waals surface area contributed by atoms with Gasteiger partial charge in [-0.1, -0.05) is 0 Å². The molecule has 0 saturated heterocycles. The molecule has 0 aliphatic carbocycles. The molecule has 0 saturated carbocycles. The lowest BCUT2D eigenvalue weighted by molar-refractivity contribution is 0.468. The van der Waals surface area contributed by atoms with Gasteiger partial charge in [-0.05, 0) is 22.0 Å². The lowest BCUT2D eigenvalue weighted by Gasteiger charge is -1.97. The van der Waals surface area contributed by atoms with Crippen molar-refractivity contribution in [3.05, 3.63) is 28.0 Å². The van der Waals surface area contributed by atoms with Crippen molar-refractivity contribution in [3.63, 3.8) is 0 Å². The monoisotopic (exact) mass is 215 g/mol. The highest BCUT2D eigenvalue weighted by Crippen LogP contribution is 2.24. The van der Waals surface area contributed by atoms with Crippen LogP contribution in [0.4, 0.5) is 4.39 Å². The molecule has 0 aliphatic heterocycles. The van der Waals surface area contributed by atoms with E-state index >= 15 is 0 Å². The highest BCUT2D eigenvalue weighted by Gasteiger charge is 2.06. The standard InChI is InChI=1S/C7H3BrFNO/c8-7-4(3-10)1-5(11)2-6(7)9/h1-2,11H. The fourth-order valence-corrected chi connectivity index (χ4v) is 0.974. The summed E-state index contributed by atoms with van der Waals surface area (Å²) in [6.07, 6.45) is 0. The summed E-state index contributed by atoms with van der Waals surface area (Å²) in [5.41, 5.74) is 0.0856. The summed E-state index contributed by atoms with van der Waals surface area (Å²) in [5, 5.41) is 17.2. The van der Waals surface area contributed by atoms with Gasteiger partial charge in [-0.2, -0.15) is 5.26 Å². The molecule has 1 rings (SSSR count). The fraction of sp³-hybridized carbons (Fsp3) is 0. The molecule has 0 aromatic heterocycles. The van der Waals surface area contributed by atoms with Crippen molar-refractivity contribution in [1.29, 1.82) is 5.26 Å². The molecule has 56 valence electrons. The number of nitriles is 1. The molecule has 0 unspecified atom stereocenters. The third-order valence-corrected chi connectivity index (χ3v) is 1.94. The van der Waals surface area contributed by atoms with Gasteiger partial charge in [-0.3, -0.25) is 0 Å². The van der Waals surface area contributed by atoms with Gasteiger partial charge in [0.25, 0.3) is 0 Å². The second-order valence-electron chi connectivity index (χ2n) is 1.90. The minimum Gasteiger partial charge on any atom is -0.508 e. The largest absolute Gasteiger partial charge is 0.508 e. The molecule has 0 bridgehead atoms. The van der Waals surface area contributed by atoms with Gasteiger partial charge < -0.3 is 5.11 Å². The average molecular weight is 216 g/mol. The van der Waals surface area contributed by atoms with Gasteiger partial charge in [-0.15, -0.1) is 0 Å². The van der Waals surface area contributed by atoms with E-state index in [9.17, 15) is 4.39 Å². The van der Waals surface area contributed by atoms with Crippen LogP contribution in [0.2, 0.25) is 0 Å². The number of rotatable bonds is 0. The lowest BCUT2D eigenvalue weighted by atomic mass is 10.2. The van der Waals surface area contributed by atoms with Gasteiger partial charge in [-0.25, -0.2) is 4.39 Å². The zero-order chi connectivity index (χ0) is 8.43. The molecule has 1 aromatic carbocycles. The summed E-state index contributed by atoms with van der Waals surface area (Å²) in [7, 11) is 0. The van der Waals surface area contributed by atoms with Crippen LogP contribution < -0.4 is 0 Å². The van der Waals surface area contributed by atoms with Gasteiger partial charge in [0.1, 0.15) is 17.6 Å². The fourth-order valence-electron chi connectivity index (χ4n) is 0.656. The summed E-state index contributed by atoms with van der Waals surface area (Å²) in [6.45, 7) is 0. The van der Waals surface area contributed by atoms with Crippen LogP contribution in [0.25, 0.3) is 0 Å². The van der Waals surface area contributed by atoms with Gasteiger partial charge in [0.15, 0.2) is 0 Å². The smallest absolute Gasteiger partial charge is 0.142 e. The first-order valence-corrected chi connectivity index (χ1v) is 3.52. The first-order chi connectivity index (χ1) is 5.15. The van der Waals surface area contributed by atoms with Crippen LogP contribution in [-0.4, -0.2) is 5.11 Å². The molecule has 0 amide bonds. The van der Waals surface area contributed by atoms with Crippen LogP contribution in [0, 0.1) is 17.1 Å². The highest BCUT2D eigenvalue weighted by atomic mass is 79.9. The van der Waals surface area contributed by atoms with Crippen LogP contribution in [0.15, 0.2) is 16.6 Å². The number of halogens is 2. The molecule has 11 heavy (non-hydrogen) atoms. The second-order valence-corrected chi connectivity index (χ2v) is 2.69. The number of benzene rings is 1. The molecule has 0 aliphatic rings. The Bertz CT molecular complexity index is 332. The molecule has 0 atom stereocenters. The minimum atomic E-state index is -0.637.